The molecule has 2 aromatic rings. The van der Waals surface area contributed by atoms with Crippen molar-refractivity contribution >= 4 is 29.3 Å². The third-order valence-electron chi connectivity index (χ3n) is 6.97. The van der Waals surface area contributed by atoms with Crippen molar-refractivity contribution in [3.05, 3.63) is 64.7 Å². The number of para-hydroxylation sites is 2. The van der Waals surface area contributed by atoms with Gasteiger partial charge >= 0.3 is 5.97 Å². The van der Waals surface area contributed by atoms with E-state index in [1.165, 1.54) is 24.4 Å². The van der Waals surface area contributed by atoms with Crippen LogP contribution in [0.1, 0.15) is 40.0 Å². The molecular formula is C24H28N2O4S. The lowest BCUT2D eigenvalue weighted by Gasteiger charge is -2.42. The Labute approximate surface area is 187 Å². The number of ether oxygens (including phenoxy) is 1. The van der Waals surface area contributed by atoms with Crippen LogP contribution in [-0.4, -0.2) is 23.5 Å². The molecule has 164 valence electrons. The molecule has 0 aromatic heterocycles. The van der Waals surface area contributed by atoms with Gasteiger partial charge in [0.15, 0.2) is 0 Å². The highest BCUT2D eigenvalue weighted by atomic mass is 32.2. The molecule has 2 aromatic carbocycles. The molecule has 3 atom stereocenters. The van der Waals surface area contributed by atoms with E-state index in [9.17, 15) is 14.9 Å². The maximum Gasteiger partial charge on any atom is 0.326 e. The fraction of sp³-hybridized carbons (Fsp3) is 0.458. The molecule has 2 aliphatic rings. The van der Waals surface area contributed by atoms with Crippen molar-refractivity contribution in [1.29, 1.82) is 0 Å². The second kappa shape index (κ2) is 8.19. The maximum atomic E-state index is 13.1. The number of carbonyl (C=O) groups is 1. The Balaban J connectivity index is 1.55. The van der Waals surface area contributed by atoms with Crippen LogP contribution in [0.15, 0.2) is 59.5 Å². The molecule has 6 nitrogen and oxygen atoms in total. The third kappa shape index (κ3) is 4.15. The molecule has 0 heterocycles. The molecule has 3 unspecified atom stereocenters. The Morgan fingerprint density at radius 3 is 2.48 bits per heavy atom. The van der Waals surface area contributed by atoms with Gasteiger partial charge in [-0.25, -0.2) is 0 Å². The van der Waals surface area contributed by atoms with Gasteiger partial charge < -0.3 is 9.04 Å². The predicted molar refractivity (Wildman–Crippen MR) is 122 cm³/mol. The minimum atomic E-state index is -0.400. The number of hydrogen-bond acceptors (Lipinski definition) is 6. The summed E-state index contributed by atoms with van der Waals surface area (Å²) in [4.78, 5) is 24.6. The van der Waals surface area contributed by atoms with Gasteiger partial charge in [-0.15, -0.1) is 0 Å². The quantitative estimate of drug-likeness (QED) is 0.232. The van der Waals surface area contributed by atoms with Crippen LogP contribution in [0.25, 0.3) is 0 Å². The number of nitro groups is 1. The minimum Gasteiger partial charge on any atom is -0.460 e. The highest BCUT2D eigenvalue weighted by Gasteiger charge is 2.61. The second-order valence-electron chi connectivity index (χ2n) is 9.47. The van der Waals surface area contributed by atoms with E-state index >= 15 is 0 Å². The van der Waals surface area contributed by atoms with Crippen LogP contribution < -0.4 is 4.31 Å². The van der Waals surface area contributed by atoms with Crippen LogP contribution >= 0.6 is 11.9 Å². The molecule has 0 radical (unpaired) electrons. The zero-order valence-corrected chi connectivity index (χ0v) is 18.9. The van der Waals surface area contributed by atoms with Crippen LogP contribution in [0.5, 0.6) is 0 Å². The summed E-state index contributed by atoms with van der Waals surface area (Å²) in [5, 5.41) is 11.5. The molecule has 2 fully saturated rings. The van der Waals surface area contributed by atoms with Crippen LogP contribution in [0.2, 0.25) is 0 Å². The summed E-state index contributed by atoms with van der Waals surface area (Å²) in [6.45, 7) is 6.65. The molecule has 4 rings (SSSR count). The molecule has 7 heteroatoms. The van der Waals surface area contributed by atoms with Crippen LogP contribution in [-0.2, 0) is 9.53 Å². The Kier molecular flexibility index (Phi) is 5.73. The molecule has 2 aliphatic carbocycles. The van der Waals surface area contributed by atoms with Crippen molar-refractivity contribution in [2.24, 2.45) is 16.7 Å². The van der Waals surface area contributed by atoms with E-state index in [0.29, 0.717) is 10.8 Å². The molecule has 0 amide bonds. The van der Waals surface area contributed by atoms with E-state index in [1.54, 1.807) is 22.5 Å². The van der Waals surface area contributed by atoms with Gasteiger partial charge in [0.05, 0.1) is 4.92 Å². The summed E-state index contributed by atoms with van der Waals surface area (Å²) in [7, 11) is 0. The summed E-state index contributed by atoms with van der Waals surface area (Å²) >= 11 is 1.19. The van der Waals surface area contributed by atoms with Crippen LogP contribution in [0, 0.1) is 26.9 Å². The van der Waals surface area contributed by atoms with Crippen molar-refractivity contribution in [3.8, 4) is 0 Å². The average molecular weight is 441 g/mol. The predicted octanol–water partition coefficient (Wildman–Crippen LogP) is 5.87. The monoisotopic (exact) mass is 440 g/mol. The van der Waals surface area contributed by atoms with Gasteiger partial charge in [0, 0.05) is 22.6 Å². The SMILES string of the molecule is CC12CCC(C1)C(C)(C)C2OC(=O)CN(Sc1ccccc1[N+](=O)[O-])c1ccccc1. The summed E-state index contributed by atoms with van der Waals surface area (Å²) in [6, 6.07) is 16.0. The van der Waals surface area contributed by atoms with E-state index in [0.717, 1.165) is 18.5 Å². The standard InChI is InChI=1S/C24H28N2O4S/c1-23(2)17-13-14-24(3,15-17)22(23)30-21(27)16-25(18-9-5-4-6-10-18)31-20-12-8-7-11-19(20)26(28)29/h4-12,17,22H,13-16H2,1-3H3. The van der Waals surface area contributed by atoms with E-state index in [2.05, 4.69) is 20.8 Å². The number of carbonyl (C=O) groups excluding carboxylic acids is 1. The van der Waals surface area contributed by atoms with E-state index in [1.807, 2.05) is 30.3 Å². The van der Waals surface area contributed by atoms with Crippen molar-refractivity contribution < 1.29 is 14.5 Å². The minimum absolute atomic E-state index is 0.00799. The summed E-state index contributed by atoms with van der Waals surface area (Å²) in [5.74, 6) is 0.281. The lowest BCUT2D eigenvalue weighted by molar-refractivity contribution is -0.387. The smallest absolute Gasteiger partial charge is 0.326 e. The summed E-state index contributed by atoms with van der Waals surface area (Å²) < 4.78 is 7.87. The number of hydrogen-bond donors (Lipinski definition) is 0. The molecule has 0 spiro atoms. The molecular weight excluding hydrogens is 412 g/mol. The largest absolute Gasteiger partial charge is 0.460 e. The zero-order valence-electron chi connectivity index (χ0n) is 18.1. The normalized spacial score (nSPS) is 25.9. The number of anilines is 1. The number of benzene rings is 2. The van der Waals surface area contributed by atoms with Gasteiger partial charge in [-0.2, -0.15) is 0 Å². The van der Waals surface area contributed by atoms with Gasteiger partial charge in [0.1, 0.15) is 17.5 Å². The lowest BCUT2D eigenvalue weighted by Crippen LogP contribution is -2.44. The van der Waals surface area contributed by atoms with Crippen molar-refractivity contribution in [3.63, 3.8) is 0 Å². The lowest BCUT2D eigenvalue weighted by atomic mass is 9.70. The first-order valence-electron chi connectivity index (χ1n) is 10.6. The first-order valence-corrected chi connectivity index (χ1v) is 11.4. The highest BCUT2D eigenvalue weighted by Crippen LogP contribution is 2.63. The number of esters is 1. The van der Waals surface area contributed by atoms with Gasteiger partial charge in [0.2, 0.25) is 0 Å². The fourth-order valence-corrected chi connectivity index (χ4v) is 6.42. The van der Waals surface area contributed by atoms with Crippen molar-refractivity contribution in [1.82, 2.24) is 0 Å². The highest BCUT2D eigenvalue weighted by molar-refractivity contribution is 8.00. The molecule has 0 N–H and O–H groups in total. The Morgan fingerprint density at radius 1 is 1.16 bits per heavy atom. The maximum absolute atomic E-state index is 13.1. The number of rotatable bonds is 7. The first kappa shape index (κ1) is 21.7. The number of fused-ring (bicyclic) bond motifs is 2. The molecule has 0 aliphatic heterocycles. The topological polar surface area (TPSA) is 72.7 Å². The van der Waals surface area contributed by atoms with Gasteiger partial charge in [-0.05, 0) is 55.3 Å². The summed E-state index contributed by atoms with van der Waals surface area (Å²) in [6.07, 6.45) is 3.28. The molecule has 0 saturated heterocycles. The first-order chi connectivity index (χ1) is 14.7. The fourth-order valence-electron chi connectivity index (χ4n) is 5.41. The molecule has 2 bridgehead atoms. The van der Waals surface area contributed by atoms with Crippen LogP contribution in [0.3, 0.4) is 0 Å². The zero-order chi connectivity index (χ0) is 22.2. The average Bonchev–Trinajstić information content (AvgIpc) is 3.22. The van der Waals surface area contributed by atoms with Crippen molar-refractivity contribution in [2.45, 2.75) is 51.0 Å². The van der Waals surface area contributed by atoms with Crippen molar-refractivity contribution in [2.75, 3.05) is 10.8 Å². The Bertz CT molecular complexity index is 976. The third-order valence-corrected chi connectivity index (χ3v) is 8.08. The van der Waals surface area contributed by atoms with Gasteiger partial charge in [-0.1, -0.05) is 51.1 Å². The second-order valence-corrected chi connectivity index (χ2v) is 10.5. The van der Waals surface area contributed by atoms with E-state index in [-0.39, 0.29) is 35.1 Å². The summed E-state index contributed by atoms with van der Waals surface area (Å²) in [5.41, 5.74) is 0.808. The van der Waals surface area contributed by atoms with Gasteiger partial charge in [0.25, 0.3) is 5.69 Å². The van der Waals surface area contributed by atoms with E-state index < -0.39 is 4.92 Å². The number of nitro benzene ring substituents is 1. The van der Waals surface area contributed by atoms with Crippen LogP contribution in [0.4, 0.5) is 11.4 Å². The molecule has 2 saturated carbocycles. The Hall–Kier alpha value is -2.54. The van der Waals surface area contributed by atoms with E-state index in [4.69, 9.17) is 4.74 Å². The Morgan fingerprint density at radius 2 is 1.84 bits per heavy atom. The van der Waals surface area contributed by atoms with Gasteiger partial charge in [-0.3, -0.25) is 14.9 Å². The molecule has 31 heavy (non-hydrogen) atoms. The number of nitrogens with zero attached hydrogens (tertiary/aromatic N) is 2.